The summed E-state index contributed by atoms with van der Waals surface area (Å²) in [7, 11) is -0.591. The summed E-state index contributed by atoms with van der Waals surface area (Å²) < 4.78 is 45.8. The van der Waals surface area contributed by atoms with Crippen LogP contribution in [-0.2, 0) is 18.3 Å². The van der Waals surface area contributed by atoms with Gasteiger partial charge in [-0.1, -0.05) is 0 Å². The molecule has 1 heterocycles. The summed E-state index contributed by atoms with van der Waals surface area (Å²) in [6.07, 6.45) is 1.56. The van der Waals surface area contributed by atoms with Crippen LogP contribution in [0.25, 0.3) is 10.8 Å². The molecule has 11 nitrogen and oxygen atoms in total. The molecule has 0 saturated heterocycles. The number of carbonyl (C=O) groups excluding carboxylic acids is 2. The van der Waals surface area contributed by atoms with Crippen LogP contribution in [0, 0.1) is 5.82 Å². The fraction of sp³-hybridized carbons (Fsp3) is 0.207. The number of nitrogens with one attached hydrogen (secondary N) is 3. The molecule has 1 atom stereocenters. The Morgan fingerprint density at radius 1 is 1.07 bits per heavy atom. The summed E-state index contributed by atoms with van der Waals surface area (Å²) in [6.45, 7) is 1.89. The van der Waals surface area contributed by atoms with Gasteiger partial charge in [-0.2, -0.15) is 0 Å². The van der Waals surface area contributed by atoms with Gasteiger partial charge in [0.1, 0.15) is 23.4 Å². The molecule has 0 bridgehead atoms. The second-order valence-corrected chi connectivity index (χ2v) is 14.4. The number of nitrogen functional groups attached to an aromatic ring is 1. The number of nitrogens with two attached hydrogens (primary N) is 1. The quantitative estimate of drug-likeness (QED) is 0.131. The molecule has 0 aliphatic rings. The first-order valence-electron chi connectivity index (χ1n) is 13.0. The van der Waals surface area contributed by atoms with Crippen molar-refractivity contribution in [3.8, 4) is 5.75 Å². The highest BCUT2D eigenvalue weighted by Crippen LogP contribution is 2.30. The second kappa shape index (κ2) is 13.4. The number of hydrogen-bond donors (Lipinski definition) is 4. The third-order valence-corrected chi connectivity index (χ3v) is 8.74. The normalized spacial score (nSPS) is 11.9. The topological polar surface area (TPSA) is 156 Å². The van der Waals surface area contributed by atoms with Crippen LogP contribution in [0.1, 0.15) is 24.1 Å². The van der Waals surface area contributed by atoms with Crippen molar-refractivity contribution in [2.24, 2.45) is 0 Å². The zero-order valence-corrected chi connectivity index (χ0v) is 26.5. The Bertz CT molecular complexity index is 1790. The fourth-order valence-corrected chi connectivity index (χ4v) is 6.26. The van der Waals surface area contributed by atoms with Crippen LogP contribution >= 0.6 is 21.2 Å². The molecule has 0 saturated carbocycles. The molecule has 0 aliphatic heterocycles. The van der Waals surface area contributed by atoms with Gasteiger partial charge >= 0.3 is 6.03 Å². The molecule has 0 radical (unpaired) electrons. The van der Waals surface area contributed by atoms with Gasteiger partial charge in [0, 0.05) is 49.2 Å². The van der Waals surface area contributed by atoms with Crippen molar-refractivity contribution in [1.29, 1.82) is 0 Å². The number of fused-ring (bicyclic) bond motifs is 1. The van der Waals surface area contributed by atoms with Crippen LogP contribution in [0.3, 0.4) is 0 Å². The Balaban J connectivity index is 1.69. The number of pyridine rings is 1. The van der Waals surface area contributed by atoms with Crippen LogP contribution in [0.4, 0.5) is 26.4 Å². The van der Waals surface area contributed by atoms with Gasteiger partial charge < -0.3 is 31.3 Å². The van der Waals surface area contributed by atoms with Crippen molar-refractivity contribution in [1.82, 2.24) is 15.2 Å². The van der Waals surface area contributed by atoms with Gasteiger partial charge in [-0.3, -0.25) is 4.79 Å². The highest BCUT2D eigenvalue weighted by molar-refractivity contribution is 14.2. The highest BCUT2D eigenvalue weighted by Gasteiger charge is 2.26. The molecule has 4 aromatic rings. The van der Waals surface area contributed by atoms with E-state index in [0.717, 1.165) is 5.39 Å². The number of anilines is 3. The van der Waals surface area contributed by atoms with E-state index in [2.05, 4.69) is 20.9 Å². The minimum absolute atomic E-state index is 0.0199. The first-order chi connectivity index (χ1) is 20.4. The lowest BCUT2D eigenvalue weighted by molar-refractivity contribution is -0.122. The van der Waals surface area contributed by atoms with Crippen molar-refractivity contribution in [3.05, 3.63) is 83.8 Å². The molecule has 226 valence electrons. The molecular weight excluding hydrogens is 690 g/mol. The standard InChI is InChI=1S/C29H30FIN6O5S/c1-4-42-21-7-9-24(30)23(15-21)26(35-19-5-8-22-17(13-19)11-12-33-27(22)32)28(38)34-16-18-14-20(36-29(39)37(2)3)6-10-25(18)43(31,40)41/h5-15,26,35H,4,16H2,1-3H3,(H2,32,33)(H,34,38)(H,36,39). The smallest absolute Gasteiger partial charge is 0.321 e. The Kier molecular flexibility index (Phi) is 9.91. The van der Waals surface area contributed by atoms with Gasteiger partial charge in [0.05, 0.1) is 32.7 Å². The van der Waals surface area contributed by atoms with E-state index in [4.69, 9.17) is 10.5 Å². The summed E-state index contributed by atoms with van der Waals surface area (Å²) in [6, 6.07) is 13.7. The molecular formula is C29H30FIN6O5S. The van der Waals surface area contributed by atoms with Crippen LogP contribution in [0.15, 0.2) is 71.8 Å². The Hall–Kier alpha value is -4.18. The van der Waals surface area contributed by atoms with Crippen LogP contribution in [0.5, 0.6) is 5.75 Å². The Labute approximate surface area is 260 Å². The molecule has 0 fully saturated rings. The summed E-state index contributed by atoms with van der Waals surface area (Å²) in [4.78, 5) is 31.3. The molecule has 43 heavy (non-hydrogen) atoms. The predicted octanol–water partition coefficient (Wildman–Crippen LogP) is 5.04. The minimum atomic E-state index is -3.72. The number of rotatable bonds is 10. The van der Waals surface area contributed by atoms with Gasteiger partial charge in [-0.15, -0.1) is 0 Å². The van der Waals surface area contributed by atoms with E-state index in [1.807, 2.05) is 0 Å². The van der Waals surface area contributed by atoms with Gasteiger partial charge in [-0.25, -0.2) is 22.6 Å². The Morgan fingerprint density at radius 2 is 1.81 bits per heavy atom. The third kappa shape index (κ3) is 7.81. The highest BCUT2D eigenvalue weighted by atomic mass is 127. The minimum Gasteiger partial charge on any atom is -0.494 e. The summed E-state index contributed by atoms with van der Waals surface area (Å²) in [5.41, 5.74) is 7.06. The van der Waals surface area contributed by atoms with Crippen LogP contribution in [-0.4, -0.2) is 50.9 Å². The van der Waals surface area contributed by atoms with Crippen molar-refractivity contribution in [3.63, 3.8) is 0 Å². The summed E-state index contributed by atoms with van der Waals surface area (Å²) in [5, 5.41) is 9.96. The van der Waals surface area contributed by atoms with E-state index < -0.39 is 30.8 Å². The summed E-state index contributed by atoms with van der Waals surface area (Å²) >= 11 is 1.31. The molecule has 14 heteroatoms. The number of aromatic nitrogens is 1. The van der Waals surface area contributed by atoms with Crippen molar-refractivity contribution >= 4 is 68.1 Å². The molecule has 3 amide bonds. The fourth-order valence-electron chi connectivity index (χ4n) is 4.29. The zero-order chi connectivity index (χ0) is 31.3. The largest absolute Gasteiger partial charge is 0.494 e. The maximum absolute atomic E-state index is 15.2. The number of halogens is 2. The monoisotopic (exact) mass is 720 g/mol. The lowest BCUT2D eigenvalue weighted by Gasteiger charge is -2.22. The second-order valence-electron chi connectivity index (χ2n) is 9.63. The average Bonchev–Trinajstić information content (AvgIpc) is 2.95. The van der Waals surface area contributed by atoms with Gasteiger partial charge in [0.15, 0.2) is 0 Å². The third-order valence-electron chi connectivity index (χ3n) is 6.39. The lowest BCUT2D eigenvalue weighted by atomic mass is 10.0. The molecule has 5 N–H and O–H groups in total. The molecule has 1 unspecified atom stereocenters. The molecule has 0 spiro atoms. The van der Waals surface area contributed by atoms with E-state index in [0.29, 0.717) is 34.9 Å². The number of amides is 3. The molecule has 3 aromatic carbocycles. The summed E-state index contributed by atoms with van der Waals surface area (Å²) in [5.74, 6) is -0.562. The van der Waals surface area contributed by atoms with Crippen molar-refractivity contribution in [2.75, 3.05) is 37.1 Å². The number of hydrogen-bond acceptors (Lipinski definition) is 8. The van der Waals surface area contributed by atoms with Gasteiger partial charge in [0.2, 0.25) is 12.9 Å². The van der Waals surface area contributed by atoms with Crippen molar-refractivity contribution < 1.29 is 27.1 Å². The molecule has 1 aromatic heterocycles. The van der Waals surface area contributed by atoms with Crippen LogP contribution < -0.4 is 26.4 Å². The van der Waals surface area contributed by atoms with Gasteiger partial charge in [-0.05, 0) is 78.5 Å². The maximum Gasteiger partial charge on any atom is 0.321 e. The number of benzene rings is 3. The number of ether oxygens (including phenoxy) is 1. The SMILES string of the molecule is CCOc1ccc(F)c(C(Nc2ccc3c(N)nccc3c2)C(=O)NCc2cc(NC(=O)N(C)C)ccc2S(=O)(=O)I)c1. The van der Waals surface area contributed by atoms with Crippen LogP contribution in [0.2, 0.25) is 0 Å². The van der Waals surface area contributed by atoms with Gasteiger partial charge in [0.25, 0.3) is 0 Å². The molecule has 4 rings (SSSR count). The number of carbonyl (C=O) groups is 2. The predicted molar refractivity (Wildman–Crippen MR) is 172 cm³/mol. The number of urea groups is 1. The van der Waals surface area contributed by atoms with E-state index in [9.17, 15) is 18.0 Å². The molecule has 0 aliphatic carbocycles. The maximum atomic E-state index is 15.2. The van der Waals surface area contributed by atoms with E-state index in [1.165, 1.54) is 62.5 Å². The van der Waals surface area contributed by atoms with E-state index in [1.54, 1.807) is 51.5 Å². The zero-order valence-electron chi connectivity index (χ0n) is 23.5. The number of nitrogens with zero attached hydrogens (tertiary/aromatic N) is 2. The first-order valence-corrected chi connectivity index (χ1v) is 17.1. The van der Waals surface area contributed by atoms with E-state index >= 15 is 4.39 Å². The lowest BCUT2D eigenvalue weighted by Crippen LogP contribution is -2.34. The first kappa shape index (κ1) is 31.7. The van der Waals surface area contributed by atoms with E-state index in [-0.39, 0.29) is 22.6 Å². The Morgan fingerprint density at radius 3 is 2.51 bits per heavy atom. The van der Waals surface area contributed by atoms with Crippen molar-refractivity contribution in [2.45, 2.75) is 24.4 Å². The average molecular weight is 721 g/mol.